The van der Waals surface area contributed by atoms with Gasteiger partial charge in [0.2, 0.25) is 0 Å². The minimum atomic E-state index is -0.852. The van der Waals surface area contributed by atoms with Gasteiger partial charge in [-0.2, -0.15) is 0 Å². The highest BCUT2D eigenvalue weighted by Gasteiger charge is 2.26. The van der Waals surface area contributed by atoms with Gasteiger partial charge in [0, 0.05) is 13.2 Å². The van der Waals surface area contributed by atoms with Crippen LogP contribution in [0.1, 0.15) is 40.0 Å². The van der Waals surface area contributed by atoms with E-state index in [0.29, 0.717) is 18.6 Å². The molecule has 1 N–H and O–H groups in total. The van der Waals surface area contributed by atoms with Crippen LogP contribution in [0.15, 0.2) is 0 Å². The van der Waals surface area contributed by atoms with E-state index in [1.807, 2.05) is 6.92 Å². The molecule has 1 rings (SSSR count). The molecule has 4 heteroatoms. The Hall–Kier alpha value is -0.610. The number of ether oxygens (including phenoxy) is 1. The average molecular weight is 243 g/mol. The van der Waals surface area contributed by atoms with E-state index in [1.165, 1.54) is 6.42 Å². The highest BCUT2D eigenvalue weighted by atomic mass is 16.5. The Morgan fingerprint density at radius 1 is 1.41 bits per heavy atom. The van der Waals surface area contributed by atoms with Crippen LogP contribution in [0.2, 0.25) is 0 Å². The summed E-state index contributed by atoms with van der Waals surface area (Å²) in [7, 11) is 0. The average Bonchev–Trinajstić information content (AvgIpc) is 2.39. The second-order valence-corrected chi connectivity index (χ2v) is 5.60. The topological polar surface area (TPSA) is 49.8 Å². The van der Waals surface area contributed by atoms with Gasteiger partial charge in [0.05, 0.1) is 0 Å². The number of aliphatic carboxylic acids is 1. The van der Waals surface area contributed by atoms with E-state index in [1.54, 1.807) is 0 Å². The second kappa shape index (κ2) is 6.36. The van der Waals surface area contributed by atoms with E-state index < -0.39 is 12.1 Å². The summed E-state index contributed by atoms with van der Waals surface area (Å²) in [6, 6.07) is 0. The summed E-state index contributed by atoms with van der Waals surface area (Å²) in [6.07, 6.45) is 2.81. The summed E-state index contributed by atoms with van der Waals surface area (Å²) >= 11 is 0. The summed E-state index contributed by atoms with van der Waals surface area (Å²) in [5.41, 5.74) is 0.388. The van der Waals surface area contributed by atoms with Gasteiger partial charge in [0.25, 0.3) is 0 Å². The van der Waals surface area contributed by atoms with Crippen molar-refractivity contribution in [1.29, 1.82) is 0 Å². The lowest BCUT2D eigenvalue weighted by molar-refractivity contribution is -0.151. The molecular weight excluding hydrogens is 218 g/mol. The van der Waals surface area contributed by atoms with Gasteiger partial charge in [0.15, 0.2) is 6.10 Å². The fourth-order valence-corrected chi connectivity index (χ4v) is 2.30. The fraction of sp³-hybridized carbons (Fsp3) is 0.923. The predicted octanol–water partition coefficient (Wildman–Crippen LogP) is 1.99. The van der Waals surface area contributed by atoms with Crippen molar-refractivity contribution in [2.45, 2.75) is 46.1 Å². The zero-order valence-electron chi connectivity index (χ0n) is 11.2. The molecule has 1 saturated heterocycles. The predicted molar refractivity (Wildman–Crippen MR) is 67.1 cm³/mol. The van der Waals surface area contributed by atoms with Crippen LogP contribution in [0.5, 0.6) is 0 Å². The largest absolute Gasteiger partial charge is 0.479 e. The van der Waals surface area contributed by atoms with Crippen LogP contribution in [0.4, 0.5) is 0 Å². The molecule has 4 nitrogen and oxygen atoms in total. The van der Waals surface area contributed by atoms with Gasteiger partial charge < -0.3 is 14.7 Å². The van der Waals surface area contributed by atoms with Crippen molar-refractivity contribution in [2.75, 3.05) is 26.2 Å². The first-order chi connectivity index (χ1) is 7.94. The Kier molecular flexibility index (Phi) is 5.40. The third-order valence-corrected chi connectivity index (χ3v) is 3.50. The normalized spacial score (nSPS) is 23.0. The molecule has 1 heterocycles. The lowest BCUT2D eigenvalue weighted by atomic mass is 9.85. The van der Waals surface area contributed by atoms with Crippen molar-refractivity contribution in [1.82, 2.24) is 4.90 Å². The first-order valence-corrected chi connectivity index (χ1v) is 6.51. The van der Waals surface area contributed by atoms with E-state index in [0.717, 1.165) is 25.9 Å². The number of hydrogen-bond donors (Lipinski definition) is 1. The van der Waals surface area contributed by atoms with Gasteiger partial charge in [-0.15, -0.1) is 0 Å². The number of hydrogen-bond acceptors (Lipinski definition) is 3. The molecule has 17 heavy (non-hydrogen) atoms. The van der Waals surface area contributed by atoms with Crippen molar-refractivity contribution < 1.29 is 14.6 Å². The molecule has 0 amide bonds. The maximum atomic E-state index is 11.0. The van der Waals surface area contributed by atoms with E-state index in [-0.39, 0.29) is 0 Å². The van der Waals surface area contributed by atoms with E-state index in [2.05, 4.69) is 18.7 Å². The van der Waals surface area contributed by atoms with Gasteiger partial charge in [-0.05, 0) is 44.7 Å². The second-order valence-electron chi connectivity index (χ2n) is 5.60. The van der Waals surface area contributed by atoms with E-state index in [4.69, 9.17) is 9.84 Å². The monoisotopic (exact) mass is 243 g/mol. The molecule has 1 unspecified atom stereocenters. The van der Waals surface area contributed by atoms with Crippen molar-refractivity contribution in [3.8, 4) is 0 Å². The minimum absolute atomic E-state index is 0.388. The molecule has 0 spiro atoms. The molecule has 0 aromatic rings. The van der Waals surface area contributed by atoms with Crippen LogP contribution in [0.3, 0.4) is 0 Å². The zero-order valence-corrected chi connectivity index (χ0v) is 11.2. The van der Waals surface area contributed by atoms with Crippen LogP contribution in [-0.2, 0) is 9.53 Å². The summed E-state index contributed by atoms with van der Waals surface area (Å²) < 4.78 is 5.26. The number of carboxylic acid groups (broad SMARTS) is 1. The molecule has 1 fully saturated rings. The molecule has 1 atom stereocenters. The maximum absolute atomic E-state index is 11.0. The summed E-state index contributed by atoms with van der Waals surface area (Å²) in [4.78, 5) is 13.3. The number of carbonyl (C=O) groups is 1. The van der Waals surface area contributed by atoms with Crippen LogP contribution in [0.25, 0.3) is 0 Å². The van der Waals surface area contributed by atoms with Crippen molar-refractivity contribution in [2.24, 2.45) is 5.41 Å². The Morgan fingerprint density at radius 2 is 2.12 bits per heavy atom. The minimum Gasteiger partial charge on any atom is -0.479 e. The SMILES string of the molecule is CCOC(CN1CCCC(C)(C)CC1)C(=O)O. The Morgan fingerprint density at radius 3 is 2.71 bits per heavy atom. The van der Waals surface area contributed by atoms with Gasteiger partial charge in [-0.25, -0.2) is 4.79 Å². The van der Waals surface area contributed by atoms with Crippen LogP contribution in [-0.4, -0.2) is 48.3 Å². The van der Waals surface area contributed by atoms with E-state index >= 15 is 0 Å². The molecule has 1 aliphatic rings. The lowest BCUT2D eigenvalue weighted by Gasteiger charge is -2.25. The summed E-state index contributed by atoms with van der Waals surface area (Å²) in [6.45, 7) is 9.34. The lowest BCUT2D eigenvalue weighted by Crippen LogP contribution is -2.39. The molecule has 0 bridgehead atoms. The van der Waals surface area contributed by atoms with Crippen LogP contribution >= 0.6 is 0 Å². The quantitative estimate of drug-likeness (QED) is 0.802. The Balaban J connectivity index is 2.47. The van der Waals surface area contributed by atoms with Crippen molar-refractivity contribution in [3.05, 3.63) is 0 Å². The number of carboxylic acids is 1. The third kappa shape index (κ3) is 5.04. The molecule has 0 aromatic heterocycles. The molecular formula is C13H25NO3. The maximum Gasteiger partial charge on any atom is 0.334 e. The fourth-order valence-electron chi connectivity index (χ4n) is 2.30. The van der Waals surface area contributed by atoms with Gasteiger partial charge in [-0.1, -0.05) is 13.8 Å². The molecule has 0 aliphatic carbocycles. The standard InChI is InChI=1S/C13H25NO3/c1-4-17-11(12(15)16)10-14-8-5-6-13(2,3)7-9-14/h11H,4-10H2,1-3H3,(H,15,16). The Labute approximate surface area is 104 Å². The molecule has 0 saturated carbocycles. The number of nitrogens with zero attached hydrogens (tertiary/aromatic N) is 1. The van der Waals surface area contributed by atoms with Crippen molar-refractivity contribution in [3.63, 3.8) is 0 Å². The highest BCUT2D eigenvalue weighted by Crippen LogP contribution is 2.29. The first kappa shape index (κ1) is 14.5. The summed E-state index contributed by atoms with van der Waals surface area (Å²) in [5.74, 6) is -0.852. The Bertz CT molecular complexity index is 253. The van der Waals surface area contributed by atoms with E-state index in [9.17, 15) is 4.79 Å². The molecule has 100 valence electrons. The molecule has 1 aliphatic heterocycles. The summed E-state index contributed by atoms with van der Waals surface area (Å²) in [5, 5.41) is 9.06. The first-order valence-electron chi connectivity index (χ1n) is 6.51. The molecule has 0 radical (unpaired) electrons. The third-order valence-electron chi connectivity index (χ3n) is 3.50. The van der Waals surface area contributed by atoms with Crippen molar-refractivity contribution >= 4 is 5.97 Å². The zero-order chi connectivity index (χ0) is 12.9. The number of rotatable bonds is 5. The number of likely N-dealkylation sites (tertiary alicyclic amines) is 1. The highest BCUT2D eigenvalue weighted by molar-refractivity contribution is 5.72. The van der Waals surface area contributed by atoms with Gasteiger partial charge >= 0.3 is 5.97 Å². The van der Waals surface area contributed by atoms with Crippen LogP contribution in [0, 0.1) is 5.41 Å². The van der Waals surface area contributed by atoms with Crippen LogP contribution < -0.4 is 0 Å². The van der Waals surface area contributed by atoms with Gasteiger partial charge in [-0.3, -0.25) is 0 Å². The smallest absolute Gasteiger partial charge is 0.334 e. The molecule has 0 aromatic carbocycles. The van der Waals surface area contributed by atoms with Gasteiger partial charge in [0.1, 0.15) is 0 Å².